The monoisotopic (exact) mass is 366 g/mol. The Hall–Kier alpha value is -1.84. The molecule has 0 bridgehead atoms. The molecular weight excluding hydrogens is 332 g/mol. The molecule has 3 nitrogen and oxygen atoms in total. The first-order chi connectivity index (χ1) is 13.4. The Morgan fingerprint density at radius 1 is 0.926 bits per heavy atom. The van der Waals surface area contributed by atoms with E-state index < -0.39 is 0 Å². The van der Waals surface area contributed by atoms with Gasteiger partial charge in [-0.25, -0.2) is 0 Å². The molecule has 1 unspecified atom stereocenters. The van der Waals surface area contributed by atoms with Crippen molar-refractivity contribution in [2.24, 2.45) is 0 Å². The summed E-state index contributed by atoms with van der Waals surface area (Å²) in [6.45, 7) is 1.87. The number of ether oxygens (including phenoxy) is 1. The number of rotatable bonds is 9. The highest BCUT2D eigenvalue weighted by molar-refractivity contribution is 5.33. The zero-order valence-corrected chi connectivity index (χ0v) is 16.6. The number of methoxy groups -OCH3 is 1. The van der Waals surface area contributed by atoms with Crippen molar-refractivity contribution in [2.75, 3.05) is 13.7 Å². The van der Waals surface area contributed by atoms with Gasteiger partial charge in [-0.1, -0.05) is 74.2 Å². The molecular formula is C24H34N2O. The van der Waals surface area contributed by atoms with Gasteiger partial charge in [0, 0.05) is 24.2 Å². The zero-order chi connectivity index (χ0) is 18.7. The molecule has 1 atom stereocenters. The number of para-hydroxylation sites is 1. The molecule has 146 valence electrons. The highest BCUT2D eigenvalue weighted by Crippen LogP contribution is 2.22. The fourth-order valence-electron chi connectivity index (χ4n) is 4.07. The van der Waals surface area contributed by atoms with Crippen molar-refractivity contribution in [1.29, 1.82) is 0 Å². The van der Waals surface area contributed by atoms with Crippen LogP contribution in [0.5, 0.6) is 5.75 Å². The summed E-state index contributed by atoms with van der Waals surface area (Å²) in [5.74, 6) is 0.952. The molecule has 0 aromatic heterocycles. The maximum Gasteiger partial charge on any atom is 0.123 e. The second kappa shape index (κ2) is 11.1. The van der Waals surface area contributed by atoms with E-state index in [1.54, 1.807) is 7.11 Å². The molecule has 0 amide bonds. The van der Waals surface area contributed by atoms with Crippen molar-refractivity contribution in [1.82, 2.24) is 10.6 Å². The molecule has 2 N–H and O–H groups in total. The minimum atomic E-state index is 0.342. The number of hydrogen-bond acceptors (Lipinski definition) is 3. The lowest BCUT2D eigenvalue weighted by Gasteiger charge is -2.22. The minimum absolute atomic E-state index is 0.342. The number of hydrogen-bond donors (Lipinski definition) is 2. The van der Waals surface area contributed by atoms with E-state index >= 15 is 0 Å². The van der Waals surface area contributed by atoms with Crippen molar-refractivity contribution in [3.63, 3.8) is 0 Å². The quantitative estimate of drug-likeness (QED) is 0.596. The predicted octanol–water partition coefficient (Wildman–Crippen LogP) is 5.23. The molecule has 0 heterocycles. The van der Waals surface area contributed by atoms with Crippen LogP contribution < -0.4 is 15.4 Å². The lowest BCUT2D eigenvalue weighted by atomic mass is 10.0. The summed E-state index contributed by atoms with van der Waals surface area (Å²) in [6, 6.07) is 20.1. The molecule has 27 heavy (non-hydrogen) atoms. The van der Waals surface area contributed by atoms with Crippen LogP contribution in [0, 0.1) is 0 Å². The number of nitrogens with one attached hydrogen (secondary N) is 2. The zero-order valence-electron chi connectivity index (χ0n) is 16.6. The van der Waals surface area contributed by atoms with Crippen molar-refractivity contribution < 1.29 is 4.74 Å². The van der Waals surface area contributed by atoms with Crippen molar-refractivity contribution in [2.45, 2.75) is 63.6 Å². The van der Waals surface area contributed by atoms with E-state index in [1.165, 1.54) is 49.7 Å². The van der Waals surface area contributed by atoms with E-state index in [0.29, 0.717) is 12.1 Å². The first kappa shape index (κ1) is 19.9. The van der Waals surface area contributed by atoms with E-state index in [1.807, 2.05) is 12.1 Å². The largest absolute Gasteiger partial charge is 0.496 e. The normalized spacial score (nSPS) is 16.6. The lowest BCUT2D eigenvalue weighted by molar-refractivity contribution is 0.398. The molecule has 0 saturated heterocycles. The summed E-state index contributed by atoms with van der Waals surface area (Å²) in [6.07, 6.45) is 9.35. The average Bonchev–Trinajstić information content (AvgIpc) is 3.00. The Labute approximate surface area is 164 Å². The van der Waals surface area contributed by atoms with Crippen LogP contribution >= 0.6 is 0 Å². The molecule has 0 spiro atoms. The highest BCUT2D eigenvalue weighted by Gasteiger charge is 2.15. The molecule has 2 aromatic rings. The number of benzene rings is 2. The molecule has 1 fully saturated rings. The van der Waals surface area contributed by atoms with Crippen LogP contribution in [0.3, 0.4) is 0 Å². The first-order valence-electron chi connectivity index (χ1n) is 10.5. The summed E-state index contributed by atoms with van der Waals surface area (Å²) < 4.78 is 5.50. The standard InChI is InChI=1S/C24H34N2O/c1-27-24-16-10-9-13-21(24)19-26-23(20-11-5-4-6-12-20)17-18-25-22-14-7-2-3-8-15-22/h4-6,9-13,16,22-23,25-26H,2-3,7-8,14-15,17-19H2,1H3. The maximum absolute atomic E-state index is 5.50. The van der Waals surface area contributed by atoms with Crippen molar-refractivity contribution >= 4 is 0 Å². The van der Waals surface area contributed by atoms with E-state index in [0.717, 1.165) is 25.3 Å². The van der Waals surface area contributed by atoms with Gasteiger partial charge in [0.15, 0.2) is 0 Å². The summed E-state index contributed by atoms with van der Waals surface area (Å²) in [7, 11) is 1.74. The van der Waals surface area contributed by atoms with Crippen molar-refractivity contribution in [3.05, 3.63) is 65.7 Å². The van der Waals surface area contributed by atoms with E-state index in [9.17, 15) is 0 Å². The SMILES string of the molecule is COc1ccccc1CNC(CCNC1CCCCCC1)c1ccccc1. The summed E-state index contributed by atoms with van der Waals surface area (Å²) in [4.78, 5) is 0. The third-order valence-electron chi connectivity index (χ3n) is 5.65. The Kier molecular flexibility index (Phi) is 8.19. The topological polar surface area (TPSA) is 33.3 Å². The Morgan fingerprint density at radius 3 is 2.37 bits per heavy atom. The van der Waals surface area contributed by atoms with Crippen LogP contribution in [0.1, 0.15) is 62.1 Å². The van der Waals surface area contributed by atoms with E-state index in [-0.39, 0.29) is 0 Å². The van der Waals surface area contributed by atoms with Crippen LogP contribution in [0.25, 0.3) is 0 Å². The molecule has 0 radical (unpaired) electrons. The van der Waals surface area contributed by atoms with Gasteiger partial charge in [0.1, 0.15) is 5.75 Å². The Bertz CT molecular complexity index is 650. The molecule has 0 aliphatic heterocycles. The third-order valence-corrected chi connectivity index (χ3v) is 5.65. The van der Waals surface area contributed by atoms with Crippen LogP contribution in [-0.2, 0) is 6.54 Å². The van der Waals surface area contributed by atoms with Gasteiger partial charge >= 0.3 is 0 Å². The van der Waals surface area contributed by atoms with E-state index in [4.69, 9.17) is 4.74 Å². The van der Waals surface area contributed by atoms with E-state index in [2.05, 4.69) is 53.1 Å². The second-order valence-electron chi connectivity index (χ2n) is 7.59. The summed E-state index contributed by atoms with van der Waals surface area (Å²) >= 11 is 0. The minimum Gasteiger partial charge on any atom is -0.496 e. The lowest BCUT2D eigenvalue weighted by Crippen LogP contribution is -2.32. The van der Waals surface area contributed by atoms with Crippen molar-refractivity contribution in [3.8, 4) is 5.75 Å². The molecule has 3 rings (SSSR count). The van der Waals surface area contributed by atoms with Crippen LogP contribution in [0.15, 0.2) is 54.6 Å². The fraction of sp³-hybridized carbons (Fsp3) is 0.500. The van der Waals surface area contributed by atoms with Gasteiger partial charge < -0.3 is 15.4 Å². The Balaban J connectivity index is 1.57. The molecule has 1 saturated carbocycles. The van der Waals surface area contributed by atoms with Crippen LogP contribution in [-0.4, -0.2) is 19.7 Å². The van der Waals surface area contributed by atoms with Gasteiger partial charge in [-0.05, 0) is 37.4 Å². The summed E-state index contributed by atoms with van der Waals surface area (Å²) in [5, 5.41) is 7.57. The van der Waals surface area contributed by atoms with Crippen LogP contribution in [0.4, 0.5) is 0 Å². The van der Waals surface area contributed by atoms with Gasteiger partial charge in [0.2, 0.25) is 0 Å². The predicted molar refractivity (Wildman–Crippen MR) is 113 cm³/mol. The third kappa shape index (κ3) is 6.37. The fourth-order valence-corrected chi connectivity index (χ4v) is 4.07. The van der Waals surface area contributed by atoms with Crippen LogP contribution in [0.2, 0.25) is 0 Å². The molecule has 1 aliphatic rings. The van der Waals surface area contributed by atoms with Gasteiger partial charge in [0.25, 0.3) is 0 Å². The smallest absolute Gasteiger partial charge is 0.123 e. The summed E-state index contributed by atoms with van der Waals surface area (Å²) in [5.41, 5.74) is 2.56. The molecule has 1 aliphatic carbocycles. The molecule has 2 aromatic carbocycles. The Morgan fingerprint density at radius 2 is 1.63 bits per heavy atom. The maximum atomic E-state index is 5.50. The van der Waals surface area contributed by atoms with Gasteiger partial charge in [-0.3, -0.25) is 0 Å². The molecule has 3 heteroatoms. The average molecular weight is 367 g/mol. The van der Waals surface area contributed by atoms with Gasteiger partial charge in [-0.15, -0.1) is 0 Å². The van der Waals surface area contributed by atoms with Gasteiger partial charge in [-0.2, -0.15) is 0 Å². The first-order valence-corrected chi connectivity index (χ1v) is 10.5. The second-order valence-corrected chi connectivity index (χ2v) is 7.59. The highest BCUT2D eigenvalue weighted by atomic mass is 16.5. The van der Waals surface area contributed by atoms with Gasteiger partial charge in [0.05, 0.1) is 7.11 Å².